The van der Waals surface area contributed by atoms with Gasteiger partial charge in [0.25, 0.3) is 0 Å². The third-order valence-electron chi connectivity index (χ3n) is 4.77. The quantitative estimate of drug-likeness (QED) is 0.488. The van der Waals surface area contributed by atoms with Gasteiger partial charge >= 0.3 is 0 Å². The number of hydrogen-bond donors (Lipinski definition) is 1. The summed E-state index contributed by atoms with van der Waals surface area (Å²) in [6.07, 6.45) is 5.78. The van der Waals surface area contributed by atoms with Gasteiger partial charge in [0.2, 0.25) is 0 Å². The molecule has 0 aliphatic carbocycles. The third-order valence-corrected chi connectivity index (χ3v) is 4.77. The van der Waals surface area contributed by atoms with Crippen molar-refractivity contribution in [3.05, 3.63) is 77.9 Å². The molecule has 0 saturated heterocycles. The summed E-state index contributed by atoms with van der Waals surface area (Å²) >= 11 is 0. The van der Waals surface area contributed by atoms with Crippen molar-refractivity contribution in [2.24, 2.45) is 0 Å². The fourth-order valence-corrected chi connectivity index (χ4v) is 3.25. The molecule has 0 atom stereocenters. The molecule has 0 saturated carbocycles. The lowest BCUT2D eigenvalue weighted by Crippen LogP contribution is -2.06. The van der Waals surface area contributed by atoms with Gasteiger partial charge in [0.15, 0.2) is 11.6 Å². The number of aromatic nitrogens is 7. The van der Waals surface area contributed by atoms with Crippen LogP contribution in [0.2, 0.25) is 0 Å². The molecule has 0 bridgehead atoms. The second-order valence-electron chi connectivity index (χ2n) is 6.72. The van der Waals surface area contributed by atoms with E-state index in [-0.39, 0.29) is 0 Å². The lowest BCUT2D eigenvalue weighted by atomic mass is 9.98. The molecule has 2 aromatic carbocycles. The lowest BCUT2D eigenvalue weighted by Gasteiger charge is -2.09. The Balaban J connectivity index is 1.60. The number of nitrogens with zero attached hydrogens (tertiary/aromatic N) is 6. The number of benzene rings is 2. The van der Waals surface area contributed by atoms with Crippen molar-refractivity contribution < 1.29 is 0 Å². The summed E-state index contributed by atoms with van der Waals surface area (Å²) in [5, 5.41) is 18.9. The largest absolute Gasteiger partial charge is 0.245 e. The highest BCUT2D eigenvalue weighted by Gasteiger charge is 2.11. The molecule has 2 aromatic heterocycles. The standard InChI is InChI=1S/C22H23N7/c1-3-5-10-21-23-20(4-2)26-29(21)15-16-11-13-17(14-12-16)18-8-6-7-9-19(18)22-24-27-28-25-22/h3,5-9,11-14H,4,10,15H2,1-2H3,(H,24,25,27,28). The molecule has 0 amide bonds. The van der Waals surface area contributed by atoms with Crippen molar-refractivity contribution in [3.8, 4) is 22.5 Å². The number of aromatic amines is 1. The van der Waals surface area contributed by atoms with Crippen molar-refractivity contribution in [2.75, 3.05) is 0 Å². The Morgan fingerprint density at radius 1 is 1.03 bits per heavy atom. The Morgan fingerprint density at radius 3 is 2.52 bits per heavy atom. The highest BCUT2D eigenvalue weighted by atomic mass is 15.5. The number of rotatable bonds is 7. The first-order valence-corrected chi connectivity index (χ1v) is 9.74. The molecule has 2 heterocycles. The summed E-state index contributed by atoms with van der Waals surface area (Å²) < 4.78 is 2.00. The molecule has 0 radical (unpaired) electrons. The SMILES string of the molecule is CC=CCc1nc(CC)nn1Cc1ccc(-c2ccccc2-c2nnn[nH]2)cc1. The van der Waals surface area contributed by atoms with E-state index in [1.165, 1.54) is 5.56 Å². The van der Waals surface area contributed by atoms with E-state index in [1.807, 2.05) is 35.9 Å². The first-order valence-electron chi connectivity index (χ1n) is 9.74. The van der Waals surface area contributed by atoms with Gasteiger partial charge in [-0.1, -0.05) is 67.6 Å². The van der Waals surface area contributed by atoms with Crippen LogP contribution >= 0.6 is 0 Å². The van der Waals surface area contributed by atoms with Crippen LogP contribution < -0.4 is 0 Å². The molecular weight excluding hydrogens is 362 g/mol. The molecule has 0 fully saturated rings. The van der Waals surface area contributed by atoms with Crippen LogP contribution in [0.1, 0.15) is 31.1 Å². The van der Waals surface area contributed by atoms with Crippen molar-refractivity contribution in [1.82, 2.24) is 35.4 Å². The van der Waals surface area contributed by atoms with E-state index >= 15 is 0 Å². The Hall–Kier alpha value is -3.61. The van der Waals surface area contributed by atoms with Gasteiger partial charge < -0.3 is 0 Å². The van der Waals surface area contributed by atoms with Crippen LogP contribution in [-0.4, -0.2) is 35.4 Å². The van der Waals surface area contributed by atoms with E-state index in [4.69, 9.17) is 0 Å². The number of tetrazole rings is 1. The van der Waals surface area contributed by atoms with Gasteiger partial charge in [0, 0.05) is 18.4 Å². The van der Waals surface area contributed by atoms with E-state index in [2.05, 4.69) is 74.0 Å². The maximum Gasteiger partial charge on any atom is 0.180 e. The summed E-state index contributed by atoms with van der Waals surface area (Å²) in [6.45, 7) is 4.80. The summed E-state index contributed by atoms with van der Waals surface area (Å²) in [6, 6.07) is 16.6. The summed E-state index contributed by atoms with van der Waals surface area (Å²) in [4.78, 5) is 4.65. The maximum atomic E-state index is 4.65. The molecule has 0 aliphatic heterocycles. The molecule has 7 nitrogen and oxygen atoms in total. The van der Waals surface area contributed by atoms with Gasteiger partial charge in [-0.05, 0) is 34.0 Å². The molecule has 4 aromatic rings. The van der Waals surface area contributed by atoms with E-state index in [1.54, 1.807) is 0 Å². The highest BCUT2D eigenvalue weighted by Crippen LogP contribution is 2.29. The minimum atomic E-state index is 0.660. The average molecular weight is 385 g/mol. The van der Waals surface area contributed by atoms with Crippen molar-refractivity contribution in [2.45, 2.75) is 33.2 Å². The molecule has 146 valence electrons. The van der Waals surface area contributed by atoms with Crippen molar-refractivity contribution in [1.29, 1.82) is 0 Å². The minimum Gasteiger partial charge on any atom is -0.245 e. The summed E-state index contributed by atoms with van der Waals surface area (Å²) in [5.74, 6) is 2.54. The monoisotopic (exact) mass is 385 g/mol. The number of hydrogen-bond acceptors (Lipinski definition) is 5. The smallest absolute Gasteiger partial charge is 0.180 e. The van der Waals surface area contributed by atoms with Crippen LogP contribution in [0.3, 0.4) is 0 Å². The fourth-order valence-electron chi connectivity index (χ4n) is 3.25. The van der Waals surface area contributed by atoms with Crippen LogP contribution in [-0.2, 0) is 19.4 Å². The summed E-state index contributed by atoms with van der Waals surface area (Å²) in [7, 11) is 0. The first kappa shape index (κ1) is 18.7. The van der Waals surface area contributed by atoms with Gasteiger partial charge in [-0.15, -0.1) is 5.10 Å². The third kappa shape index (κ3) is 4.13. The molecule has 1 N–H and O–H groups in total. The van der Waals surface area contributed by atoms with Crippen LogP contribution in [0.4, 0.5) is 0 Å². The second kappa shape index (κ2) is 8.60. The second-order valence-corrected chi connectivity index (χ2v) is 6.72. The molecular formula is C22H23N7. The maximum absolute atomic E-state index is 4.65. The zero-order valence-corrected chi connectivity index (χ0v) is 16.6. The van der Waals surface area contributed by atoms with Gasteiger partial charge in [0.1, 0.15) is 5.82 Å². The Kier molecular flexibility index (Phi) is 5.56. The van der Waals surface area contributed by atoms with E-state index < -0.39 is 0 Å². The average Bonchev–Trinajstić information content (AvgIpc) is 3.43. The first-order chi connectivity index (χ1) is 14.3. The molecule has 4 rings (SSSR count). The zero-order valence-electron chi connectivity index (χ0n) is 16.6. The Labute approximate surface area is 169 Å². The van der Waals surface area contributed by atoms with Crippen LogP contribution in [0.5, 0.6) is 0 Å². The fraction of sp³-hybridized carbons (Fsp3) is 0.227. The van der Waals surface area contributed by atoms with Crippen LogP contribution in [0.15, 0.2) is 60.7 Å². The Morgan fingerprint density at radius 2 is 1.83 bits per heavy atom. The van der Waals surface area contributed by atoms with Crippen molar-refractivity contribution >= 4 is 0 Å². The van der Waals surface area contributed by atoms with E-state index in [9.17, 15) is 0 Å². The highest BCUT2D eigenvalue weighted by molar-refractivity contribution is 5.80. The molecule has 29 heavy (non-hydrogen) atoms. The van der Waals surface area contributed by atoms with E-state index in [0.717, 1.165) is 41.2 Å². The summed E-state index contributed by atoms with van der Waals surface area (Å²) in [5.41, 5.74) is 4.35. The number of H-pyrrole nitrogens is 1. The minimum absolute atomic E-state index is 0.660. The van der Waals surface area contributed by atoms with Crippen molar-refractivity contribution in [3.63, 3.8) is 0 Å². The zero-order chi connectivity index (χ0) is 20.1. The number of nitrogens with one attached hydrogen (secondary N) is 1. The van der Waals surface area contributed by atoms with Crippen LogP contribution in [0.25, 0.3) is 22.5 Å². The van der Waals surface area contributed by atoms with Gasteiger partial charge in [0.05, 0.1) is 6.54 Å². The predicted molar refractivity (Wildman–Crippen MR) is 112 cm³/mol. The molecule has 7 heteroatoms. The topological polar surface area (TPSA) is 85.2 Å². The molecule has 0 aliphatic rings. The van der Waals surface area contributed by atoms with Gasteiger partial charge in [-0.25, -0.2) is 14.8 Å². The molecule has 0 spiro atoms. The number of allylic oxidation sites excluding steroid dienone is 2. The normalized spacial score (nSPS) is 11.4. The van der Waals surface area contributed by atoms with Crippen LogP contribution in [0, 0.1) is 0 Å². The lowest BCUT2D eigenvalue weighted by molar-refractivity contribution is 0.643. The number of aryl methyl sites for hydroxylation is 1. The van der Waals surface area contributed by atoms with Gasteiger partial charge in [-0.3, -0.25) is 0 Å². The van der Waals surface area contributed by atoms with E-state index in [0.29, 0.717) is 12.4 Å². The Bertz CT molecular complexity index is 1090. The van der Waals surface area contributed by atoms with Gasteiger partial charge in [-0.2, -0.15) is 5.10 Å². The predicted octanol–water partition coefficient (Wildman–Crippen LogP) is 3.85. The molecule has 0 unspecified atom stereocenters.